The summed E-state index contributed by atoms with van der Waals surface area (Å²) in [7, 11) is 0. The molecule has 0 atom stereocenters. The smallest absolute Gasteiger partial charge is 0.253 e. The number of nitrogens with zero attached hydrogens (tertiary/aromatic N) is 3. The third kappa shape index (κ3) is 1.82. The van der Waals surface area contributed by atoms with E-state index in [1.54, 1.807) is 10.9 Å². The molecule has 0 saturated heterocycles. The fraction of sp³-hybridized carbons (Fsp3) is 0.364. The van der Waals surface area contributed by atoms with Crippen molar-refractivity contribution in [2.45, 2.75) is 25.7 Å². The van der Waals surface area contributed by atoms with Crippen molar-refractivity contribution >= 4 is 5.82 Å². The van der Waals surface area contributed by atoms with Crippen LogP contribution in [0, 0.1) is 6.92 Å². The summed E-state index contributed by atoms with van der Waals surface area (Å²) in [6, 6.07) is 1.43. The number of nitrogen functional groups attached to an aromatic ring is 1. The van der Waals surface area contributed by atoms with Crippen molar-refractivity contribution in [3.63, 3.8) is 0 Å². The Morgan fingerprint density at radius 3 is 2.88 bits per heavy atom. The number of H-pyrrole nitrogens is 1. The highest BCUT2D eigenvalue weighted by Gasteiger charge is 2.26. The van der Waals surface area contributed by atoms with Gasteiger partial charge in [0, 0.05) is 23.7 Å². The molecule has 17 heavy (non-hydrogen) atoms. The number of anilines is 1. The molecule has 1 aliphatic carbocycles. The molecule has 3 N–H and O–H groups in total. The molecule has 6 nitrogen and oxygen atoms in total. The summed E-state index contributed by atoms with van der Waals surface area (Å²) in [6.45, 7) is 1.87. The lowest BCUT2D eigenvalue weighted by atomic mass is 10.4. The fourth-order valence-electron chi connectivity index (χ4n) is 1.72. The normalized spacial score (nSPS) is 15.1. The summed E-state index contributed by atoms with van der Waals surface area (Å²) < 4.78 is 1.55. The Labute approximate surface area is 97.5 Å². The van der Waals surface area contributed by atoms with E-state index in [1.165, 1.54) is 6.07 Å². The minimum absolute atomic E-state index is 0.149. The molecule has 0 aromatic carbocycles. The highest BCUT2D eigenvalue weighted by molar-refractivity contribution is 5.38. The van der Waals surface area contributed by atoms with Crippen molar-refractivity contribution in [3.05, 3.63) is 34.0 Å². The molecule has 2 heterocycles. The first kappa shape index (κ1) is 10.1. The molecule has 0 spiro atoms. The Hall–Kier alpha value is -2.11. The SMILES string of the molecule is Cc1cn(-c2cc(=O)[nH]c(C3CC3)n2)nc1N. The first-order chi connectivity index (χ1) is 8.13. The average molecular weight is 231 g/mol. The van der Waals surface area contributed by atoms with Crippen LogP contribution in [-0.2, 0) is 0 Å². The maximum Gasteiger partial charge on any atom is 0.253 e. The van der Waals surface area contributed by atoms with E-state index >= 15 is 0 Å². The Bertz CT molecular complexity index is 604. The van der Waals surface area contributed by atoms with Gasteiger partial charge in [-0.2, -0.15) is 0 Å². The third-order valence-corrected chi connectivity index (χ3v) is 2.88. The largest absolute Gasteiger partial charge is 0.382 e. The molecular weight excluding hydrogens is 218 g/mol. The molecule has 0 radical (unpaired) electrons. The van der Waals surface area contributed by atoms with E-state index in [0.29, 0.717) is 17.6 Å². The summed E-state index contributed by atoms with van der Waals surface area (Å²) in [5.74, 6) is 2.13. The van der Waals surface area contributed by atoms with Crippen LogP contribution in [0.25, 0.3) is 5.82 Å². The Balaban J connectivity index is 2.10. The maximum absolute atomic E-state index is 11.5. The Kier molecular flexibility index (Phi) is 2.04. The van der Waals surface area contributed by atoms with Crippen LogP contribution in [0.3, 0.4) is 0 Å². The van der Waals surface area contributed by atoms with Gasteiger partial charge in [-0.1, -0.05) is 0 Å². The van der Waals surface area contributed by atoms with E-state index in [4.69, 9.17) is 5.73 Å². The van der Waals surface area contributed by atoms with E-state index in [0.717, 1.165) is 24.2 Å². The summed E-state index contributed by atoms with van der Waals surface area (Å²) in [6.07, 6.45) is 3.95. The predicted octanol–water partition coefficient (Wildman–Crippen LogP) is 0.724. The molecular formula is C11H13N5O. The third-order valence-electron chi connectivity index (χ3n) is 2.88. The highest BCUT2D eigenvalue weighted by Crippen LogP contribution is 2.37. The van der Waals surface area contributed by atoms with E-state index in [1.807, 2.05) is 6.92 Å². The number of aryl methyl sites for hydroxylation is 1. The van der Waals surface area contributed by atoms with Crippen LogP contribution >= 0.6 is 0 Å². The second kappa shape index (κ2) is 3.44. The number of nitrogens with one attached hydrogen (secondary N) is 1. The fourth-order valence-corrected chi connectivity index (χ4v) is 1.72. The molecule has 0 amide bonds. The molecule has 6 heteroatoms. The van der Waals surface area contributed by atoms with Gasteiger partial charge in [0.15, 0.2) is 5.82 Å². The van der Waals surface area contributed by atoms with Crippen LogP contribution in [0.2, 0.25) is 0 Å². The van der Waals surface area contributed by atoms with Crippen molar-refractivity contribution in [2.75, 3.05) is 5.73 Å². The molecule has 3 rings (SSSR count). The number of aromatic nitrogens is 4. The molecule has 0 unspecified atom stereocenters. The van der Waals surface area contributed by atoms with E-state index < -0.39 is 0 Å². The van der Waals surface area contributed by atoms with Crippen molar-refractivity contribution in [1.29, 1.82) is 0 Å². The lowest BCUT2D eigenvalue weighted by molar-refractivity contribution is 0.804. The lowest BCUT2D eigenvalue weighted by Gasteiger charge is -2.02. The maximum atomic E-state index is 11.5. The second-order valence-electron chi connectivity index (χ2n) is 4.41. The topological polar surface area (TPSA) is 89.6 Å². The molecule has 1 aliphatic rings. The van der Waals surface area contributed by atoms with Gasteiger partial charge in [0.1, 0.15) is 11.6 Å². The van der Waals surface area contributed by atoms with Crippen LogP contribution < -0.4 is 11.3 Å². The summed E-state index contributed by atoms with van der Waals surface area (Å²) in [5, 5.41) is 4.12. The molecule has 1 saturated carbocycles. The first-order valence-electron chi connectivity index (χ1n) is 5.57. The van der Waals surface area contributed by atoms with Crippen molar-refractivity contribution in [1.82, 2.24) is 19.7 Å². The minimum atomic E-state index is -0.149. The van der Waals surface area contributed by atoms with Gasteiger partial charge in [-0.05, 0) is 19.8 Å². The van der Waals surface area contributed by atoms with Gasteiger partial charge in [0.05, 0.1) is 0 Å². The minimum Gasteiger partial charge on any atom is -0.382 e. The molecule has 2 aromatic heterocycles. The lowest BCUT2D eigenvalue weighted by Crippen LogP contribution is -2.13. The van der Waals surface area contributed by atoms with Crippen LogP contribution in [-0.4, -0.2) is 19.7 Å². The zero-order chi connectivity index (χ0) is 12.0. The van der Waals surface area contributed by atoms with Crippen LogP contribution in [0.1, 0.15) is 30.1 Å². The number of hydrogen-bond acceptors (Lipinski definition) is 4. The van der Waals surface area contributed by atoms with E-state index in [-0.39, 0.29) is 5.56 Å². The van der Waals surface area contributed by atoms with Crippen molar-refractivity contribution < 1.29 is 0 Å². The number of rotatable bonds is 2. The number of hydrogen-bond donors (Lipinski definition) is 2. The quantitative estimate of drug-likeness (QED) is 0.797. The highest BCUT2D eigenvalue weighted by atomic mass is 16.1. The van der Waals surface area contributed by atoms with Gasteiger partial charge in [0.25, 0.3) is 5.56 Å². The van der Waals surface area contributed by atoms with E-state index in [9.17, 15) is 4.79 Å². The average Bonchev–Trinajstić information content (AvgIpc) is 3.06. The van der Waals surface area contributed by atoms with Gasteiger partial charge >= 0.3 is 0 Å². The Morgan fingerprint density at radius 2 is 2.29 bits per heavy atom. The Morgan fingerprint density at radius 1 is 1.53 bits per heavy atom. The first-order valence-corrected chi connectivity index (χ1v) is 5.57. The van der Waals surface area contributed by atoms with E-state index in [2.05, 4.69) is 15.1 Å². The molecule has 2 aromatic rings. The van der Waals surface area contributed by atoms with Gasteiger partial charge in [-0.15, -0.1) is 5.10 Å². The zero-order valence-electron chi connectivity index (χ0n) is 9.47. The van der Waals surface area contributed by atoms with Crippen LogP contribution in [0.15, 0.2) is 17.1 Å². The van der Waals surface area contributed by atoms with Gasteiger partial charge in [-0.3, -0.25) is 4.79 Å². The monoisotopic (exact) mass is 231 g/mol. The standard InChI is InChI=1S/C11H13N5O/c1-6-5-16(15-10(6)12)8-4-9(17)14-11(13-8)7-2-3-7/h4-5,7H,2-3H2,1H3,(H2,12,15)(H,13,14,17). The van der Waals surface area contributed by atoms with Gasteiger partial charge < -0.3 is 10.7 Å². The predicted molar refractivity (Wildman–Crippen MR) is 63.1 cm³/mol. The molecule has 0 bridgehead atoms. The summed E-state index contributed by atoms with van der Waals surface area (Å²) in [4.78, 5) is 18.7. The number of nitrogens with two attached hydrogens (primary N) is 1. The zero-order valence-corrected chi connectivity index (χ0v) is 9.47. The van der Waals surface area contributed by atoms with Gasteiger partial charge in [-0.25, -0.2) is 9.67 Å². The van der Waals surface area contributed by atoms with Crippen molar-refractivity contribution in [2.24, 2.45) is 0 Å². The molecule has 88 valence electrons. The van der Waals surface area contributed by atoms with Gasteiger partial charge in [0.2, 0.25) is 0 Å². The van der Waals surface area contributed by atoms with Crippen LogP contribution in [0.4, 0.5) is 5.82 Å². The number of aromatic amines is 1. The van der Waals surface area contributed by atoms with Crippen molar-refractivity contribution in [3.8, 4) is 5.82 Å². The summed E-state index contributed by atoms with van der Waals surface area (Å²) >= 11 is 0. The van der Waals surface area contributed by atoms with Crippen LogP contribution in [0.5, 0.6) is 0 Å². The summed E-state index contributed by atoms with van der Waals surface area (Å²) in [5.41, 5.74) is 6.41. The second-order valence-corrected chi connectivity index (χ2v) is 4.41. The molecule has 0 aliphatic heterocycles. The molecule has 1 fully saturated rings.